The topological polar surface area (TPSA) is 47.7 Å². The van der Waals surface area contributed by atoms with Crippen LogP contribution in [0.1, 0.15) is 36.5 Å². The highest BCUT2D eigenvalue weighted by atomic mass is 19.4. The second kappa shape index (κ2) is 6.51. The van der Waals surface area contributed by atoms with E-state index in [9.17, 15) is 13.2 Å². The highest BCUT2D eigenvalue weighted by molar-refractivity contribution is 5.16. The molecule has 0 amide bonds. The second-order valence-corrected chi connectivity index (χ2v) is 5.03. The maximum atomic E-state index is 12.7. The Morgan fingerprint density at radius 3 is 2.41 bits per heavy atom. The van der Waals surface area contributed by atoms with Crippen molar-refractivity contribution in [2.24, 2.45) is 0 Å². The van der Waals surface area contributed by atoms with Crippen molar-refractivity contribution in [3.8, 4) is 0 Å². The van der Waals surface area contributed by atoms with Gasteiger partial charge in [0.15, 0.2) is 5.69 Å². The van der Waals surface area contributed by atoms with E-state index in [1.54, 1.807) is 6.92 Å². The fourth-order valence-electron chi connectivity index (χ4n) is 2.23. The van der Waals surface area contributed by atoms with Crippen LogP contribution >= 0.6 is 0 Å². The van der Waals surface area contributed by atoms with Crippen LogP contribution in [0.2, 0.25) is 0 Å². The molecule has 2 heterocycles. The standard InChI is InChI=1S/C14H20F3N5/c1-4-21-9-11(10(3)19-21)7-18-8-12-6-13(14(15,16)17)20-22(12)5-2/h6,9,18H,4-5,7-8H2,1-3H3. The molecule has 0 aliphatic heterocycles. The van der Waals surface area contributed by atoms with E-state index in [4.69, 9.17) is 0 Å². The molecule has 122 valence electrons. The van der Waals surface area contributed by atoms with E-state index in [2.05, 4.69) is 15.5 Å². The van der Waals surface area contributed by atoms with Crippen LogP contribution in [-0.4, -0.2) is 19.6 Å². The van der Waals surface area contributed by atoms with Crippen molar-refractivity contribution in [2.75, 3.05) is 0 Å². The minimum absolute atomic E-state index is 0.327. The molecule has 0 unspecified atom stereocenters. The van der Waals surface area contributed by atoms with Gasteiger partial charge in [-0.3, -0.25) is 9.36 Å². The molecule has 2 aromatic heterocycles. The molecule has 0 saturated carbocycles. The summed E-state index contributed by atoms with van der Waals surface area (Å²) in [5.74, 6) is 0. The van der Waals surface area contributed by atoms with Gasteiger partial charge in [-0.15, -0.1) is 0 Å². The van der Waals surface area contributed by atoms with Crippen LogP contribution in [0.15, 0.2) is 12.3 Å². The summed E-state index contributed by atoms with van der Waals surface area (Å²) in [6, 6.07) is 1.10. The largest absolute Gasteiger partial charge is 0.435 e. The minimum Gasteiger partial charge on any atom is -0.307 e. The Balaban J connectivity index is 2.02. The Hall–Kier alpha value is -1.83. The number of hydrogen-bond acceptors (Lipinski definition) is 3. The van der Waals surface area contributed by atoms with Crippen molar-refractivity contribution in [3.63, 3.8) is 0 Å². The predicted octanol–water partition coefficient (Wildman–Crippen LogP) is 2.74. The molecule has 0 aliphatic carbocycles. The first-order chi connectivity index (χ1) is 10.3. The fraction of sp³-hybridized carbons (Fsp3) is 0.571. The lowest BCUT2D eigenvalue weighted by molar-refractivity contribution is -0.141. The number of nitrogens with one attached hydrogen (secondary N) is 1. The van der Waals surface area contributed by atoms with Crippen molar-refractivity contribution >= 4 is 0 Å². The Morgan fingerprint density at radius 1 is 1.14 bits per heavy atom. The van der Waals surface area contributed by atoms with Crippen molar-refractivity contribution in [1.29, 1.82) is 0 Å². The van der Waals surface area contributed by atoms with Crippen LogP contribution in [0.25, 0.3) is 0 Å². The summed E-state index contributed by atoms with van der Waals surface area (Å²) in [4.78, 5) is 0. The Bertz CT molecular complexity index is 627. The average Bonchev–Trinajstić information content (AvgIpc) is 3.02. The molecule has 0 spiro atoms. The van der Waals surface area contributed by atoms with Gasteiger partial charge < -0.3 is 5.32 Å². The van der Waals surface area contributed by atoms with Crippen molar-refractivity contribution < 1.29 is 13.2 Å². The average molecular weight is 315 g/mol. The first kappa shape index (κ1) is 16.5. The molecule has 0 aromatic carbocycles. The highest BCUT2D eigenvalue weighted by Gasteiger charge is 2.34. The molecule has 0 fully saturated rings. The molecule has 0 saturated heterocycles. The van der Waals surface area contributed by atoms with Gasteiger partial charge >= 0.3 is 6.18 Å². The van der Waals surface area contributed by atoms with Gasteiger partial charge in [-0.25, -0.2) is 0 Å². The van der Waals surface area contributed by atoms with Gasteiger partial charge in [-0.1, -0.05) is 0 Å². The molecule has 22 heavy (non-hydrogen) atoms. The summed E-state index contributed by atoms with van der Waals surface area (Å²) in [6.45, 7) is 7.77. The molecule has 8 heteroatoms. The lowest BCUT2D eigenvalue weighted by atomic mass is 10.2. The summed E-state index contributed by atoms with van der Waals surface area (Å²) in [5.41, 5.74) is 1.64. The molecule has 0 radical (unpaired) electrons. The monoisotopic (exact) mass is 315 g/mol. The maximum Gasteiger partial charge on any atom is 0.435 e. The van der Waals surface area contributed by atoms with Gasteiger partial charge in [-0.05, 0) is 26.8 Å². The fourth-order valence-corrected chi connectivity index (χ4v) is 2.23. The lowest BCUT2D eigenvalue weighted by Gasteiger charge is -2.06. The van der Waals surface area contributed by atoms with Gasteiger partial charge in [-0.2, -0.15) is 23.4 Å². The molecule has 5 nitrogen and oxygen atoms in total. The van der Waals surface area contributed by atoms with E-state index in [0.717, 1.165) is 23.9 Å². The van der Waals surface area contributed by atoms with Crippen LogP contribution in [0, 0.1) is 6.92 Å². The van der Waals surface area contributed by atoms with E-state index in [1.807, 2.05) is 24.7 Å². The first-order valence-electron chi connectivity index (χ1n) is 7.22. The zero-order valence-corrected chi connectivity index (χ0v) is 12.9. The number of aryl methyl sites for hydroxylation is 3. The molecule has 0 atom stereocenters. The van der Waals surface area contributed by atoms with Crippen LogP contribution in [0.3, 0.4) is 0 Å². The molecule has 2 aromatic rings. The van der Waals surface area contributed by atoms with Gasteiger partial charge in [0.25, 0.3) is 0 Å². The molecule has 2 rings (SSSR count). The maximum absolute atomic E-state index is 12.7. The Labute approximate surface area is 127 Å². The van der Waals surface area contributed by atoms with Crippen LogP contribution in [0.4, 0.5) is 13.2 Å². The highest BCUT2D eigenvalue weighted by Crippen LogP contribution is 2.28. The van der Waals surface area contributed by atoms with E-state index in [1.165, 1.54) is 4.68 Å². The zero-order chi connectivity index (χ0) is 16.3. The van der Waals surface area contributed by atoms with E-state index >= 15 is 0 Å². The SMILES string of the molecule is CCn1cc(CNCc2cc(C(F)(F)F)nn2CC)c(C)n1. The van der Waals surface area contributed by atoms with Crippen LogP contribution < -0.4 is 5.32 Å². The number of rotatable bonds is 6. The van der Waals surface area contributed by atoms with Crippen molar-refractivity contribution in [2.45, 2.75) is 53.1 Å². The summed E-state index contributed by atoms with van der Waals surface area (Å²) in [5, 5.41) is 11.1. The summed E-state index contributed by atoms with van der Waals surface area (Å²) < 4.78 is 41.3. The molecule has 0 aliphatic rings. The Kier molecular flexibility index (Phi) is 4.90. The van der Waals surface area contributed by atoms with Crippen molar-refractivity contribution in [1.82, 2.24) is 24.9 Å². The van der Waals surface area contributed by atoms with E-state index < -0.39 is 11.9 Å². The van der Waals surface area contributed by atoms with Gasteiger partial charge in [0.05, 0.1) is 11.4 Å². The summed E-state index contributed by atoms with van der Waals surface area (Å²) >= 11 is 0. The lowest BCUT2D eigenvalue weighted by Crippen LogP contribution is -2.16. The molecule has 1 N–H and O–H groups in total. The summed E-state index contributed by atoms with van der Waals surface area (Å²) in [7, 11) is 0. The molecule has 0 bridgehead atoms. The zero-order valence-electron chi connectivity index (χ0n) is 12.9. The van der Waals surface area contributed by atoms with E-state index in [-0.39, 0.29) is 0 Å². The third-order valence-corrected chi connectivity index (χ3v) is 3.45. The number of halogens is 3. The number of alkyl halides is 3. The van der Waals surface area contributed by atoms with E-state index in [0.29, 0.717) is 25.3 Å². The van der Waals surface area contributed by atoms with Crippen LogP contribution in [0.5, 0.6) is 0 Å². The second-order valence-electron chi connectivity index (χ2n) is 5.03. The first-order valence-corrected chi connectivity index (χ1v) is 7.22. The van der Waals surface area contributed by atoms with Gasteiger partial charge in [0.2, 0.25) is 0 Å². The number of aromatic nitrogens is 4. The normalized spacial score (nSPS) is 12.1. The number of nitrogens with zero attached hydrogens (tertiary/aromatic N) is 4. The molecular formula is C14H20F3N5. The van der Waals surface area contributed by atoms with Crippen molar-refractivity contribution in [3.05, 3.63) is 34.9 Å². The smallest absolute Gasteiger partial charge is 0.307 e. The number of hydrogen-bond donors (Lipinski definition) is 1. The minimum atomic E-state index is -4.41. The third kappa shape index (κ3) is 3.68. The molecular weight excluding hydrogens is 295 g/mol. The van der Waals surface area contributed by atoms with Gasteiger partial charge in [0, 0.05) is 37.9 Å². The van der Waals surface area contributed by atoms with Crippen LogP contribution in [-0.2, 0) is 32.4 Å². The Morgan fingerprint density at radius 2 is 1.86 bits per heavy atom. The quantitative estimate of drug-likeness (QED) is 0.891. The predicted molar refractivity (Wildman–Crippen MR) is 76.1 cm³/mol. The third-order valence-electron chi connectivity index (χ3n) is 3.45. The van der Waals surface area contributed by atoms with Gasteiger partial charge in [0.1, 0.15) is 0 Å². The summed E-state index contributed by atoms with van der Waals surface area (Å²) in [6.07, 6.45) is -2.46.